The molecule has 8 heteroatoms. The fraction of sp³-hybridized carbons (Fsp3) is 0.500. The highest BCUT2D eigenvalue weighted by atomic mass is 35.5. The van der Waals surface area contributed by atoms with Gasteiger partial charge in [0.1, 0.15) is 0 Å². The number of hydrogen-bond donors (Lipinski definition) is 2. The van der Waals surface area contributed by atoms with Crippen molar-refractivity contribution < 1.29 is 9.21 Å². The molecule has 0 aliphatic carbocycles. The van der Waals surface area contributed by atoms with Crippen LogP contribution in [0.2, 0.25) is 0 Å². The number of halogens is 1. The van der Waals surface area contributed by atoms with E-state index in [9.17, 15) is 9.59 Å². The van der Waals surface area contributed by atoms with Crippen LogP contribution in [0.15, 0.2) is 27.4 Å². The zero-order valence-corrected chi connectivity index (χ0v) is 15.2. The molecule has 1 aromatic heterocycles. The van der Waals surface area contributed by atoms with Crippen LogP contribution in [0.4, 0.5) is 5.69 Å². The summed E-state index contributed by atoms with van der Waals surface area (Å²) in [5.74, 6) is -0.597. The Kier molecular flexibility index (Phi) is 7.01. The average molecular weight is 357 g/mol. The van der Waals surface area contributed by atoms with Crippen molar-refractivity contribution in [3.05, 3.63) is 28.7 Å². The van der Waals surface area contributed by atoms with E-state index in [1.54, 1.807) is 22.8 Å². The number of aromatic nitrogens is 1. The van der Waals surface area contributed by atoms with Gasteiger partial charge >= 0.3 is 5.76 Å². The first-order valence-electron chi connectivity index (χ1n) is 7.64. The minimum atomic E-state index is -0.578. The number of carbonyl (C=O) groups excluding carboxylic acids is 1. The van der Waals surface area contributed by atoms with Crippen LogP contribution in [0.3, 0.4) is 0 Å². The van der Waals surface area contributed by atoms with Crippen LogP contribution < -0.4 is 16.8 Å². The minimum Gasteiger partial charge on any atom is -0.408 e. The fourth-order valence-corrected chi connectivity index (χ4v) is 2.18. The lowest BCUT2D eigenvalue weighted by Crippen LogP contribution is -2.39. The van der Waals surface area contributed by atoms with E-state index in [-0.39, 0.29) is 24.2 Å². The largest absolute Gasteiger partial charge is 0.419 e. The maximum Gasteiger partial charge on any atom is 0.419 e. The number of amides is 1. The normalized spacial score (nSPS) is 12.5. The molecule has 0 radical (unpaired) electrons. The highest BCUT2D eigenvalue weighted by molar-refractivity contribution is 5.96. The van der Waals surface area contributed by atoms with Gasteiger partial charge in [0.25, 0.3) is 0 Å². The molecule has 0 saturated carbocycles. The fourth-order valence-electron chi connectivity index (χ4n) is 2.18. The van der Waals surface area contributed by atoms with Gasteiger partial charge < -0.3 is 20.4 Å². The van der Waals surface area contributed by atoms with Gasteiger partial charge in [0.05, 0.1) is 11.6 Å². The lowest BCUT2D eigenvalue weighted by atomic mass is 10.0. The first-order chi connectivity index (χ1) is 10.8. The molecule has 0 fully saturated rings. The Morgan fingerprint density at radius 3 is 2.62 bits per heavy atom. The zero-order valence-electron chi connectivity index (χ0n) is 14.4. The lowest BCUT2D eigenvalue weighted by molar-refractivity contribution is -0.118. The van der Waals surface area contributed by atoms with Gasteiger partial charge in [0, 0.05) is 18.8 Å². The molecule has 0 saturated heterocycles. The van der Waals surface area contributed by atoms with Crippen molar-refractivity contribution in [1.82, 2.24) is 9.47 Å². The zero-order chi connectivity index (χ0) is 17.1. The van der Waals surface area contributed by atoms with E-state index in [4.69, 9.17) is 10.2 Å². The van der Waals surface area contributed by atoms with Gasteiger partial charge in [-0.15, -0.1) is 12.4 Å². The third-order valence-corrected chi connectivity index (χ3v) is 3.73. The van der Waals surface area contributed by atoms with Crippen LogP contribution in [-0.4, -0.2) is 42.1 Å². The van der Waals surface area contributed by atoms with E-state index in [1.807, 2.05) is 32.8 Å². The van der Waals surface area contributed by atoms with E-state index in [0.29, 0.717) is 29.9 Å². The monoisotopic (exact) mass is 356 g/mol. The summed E-state index contributed by atoms with van der Waals surface area (Å²) < 4.78 is 6.79. The average Bonchev–Trinajstić information content (AvgIpc) is 2.79. The summed E-state index contributed by atoms with van der Waals surface area (Å²) in [6.07, 6.45) is 0. The molecule has 1 amide bonds. The van der Waals surface area contributed by atoms with Crippen molar-refractivity contribution in [3.8, 4) is 0 Å². The molecule has 1 atom stereocenters. The third-order valence-electron chi connectivity index (χ3n) is 3.73. The van der Waals surface area contributed by atoms with Gasteiger partial charge in [-0.1, -0.05) is 13.8 Å². The second-order valence-electron chi connectivity index (χ2n) is 6.26. The molecule has 134 valence electrons. The lowest BCUT2D eigenvalue weighted by Gasteiger charge is -2.15. The van der Waals surface area contributed by atoms with E-state index in [0.717, 1.165) is 0 Å². The molecule has 2 rings (SSSR count). The van der Waals surface area contributed by atoms with Crippen LogP contribution in [0.5, 0.6) is 0 Å². The molecule has 0 aliphatic heterocycles. The molecule has 24 heavy (non-hydrogen) atoms. The van der Waals surface area contributed by atoms with Crippen molar-refractivity contribution >= 4 is 35.1 Å². The summed E-state index contributed by atoms with van der Waals surface area (Å²) in [5, 5.41) is 2.79. The molecule has 0 spiro atoms. The number of nitrogens with zero attached hydrogens (tertiary/aromatic N) is 2. The highest BCUT2D eigenvalue weighted by Crippen LogP contribution is 2.19. The topological polar surface area (TPSA) is 93.5 Å². The number of benzene rings is 1. The maximum atomic E-state index is 12.1. The Balaban J connectivity index is 0.00000288. The molecule has 7 nitrogen and oxygen atoms in total. The van der Waals surface area contributed by atoms with Crippen molar-refractivity contribution in [2.75, 3.05) is 26.0 Å². The van der Waals surface area contributed by atoms with Crippen molar-refractivity contribution in [1.29, 1.82) is 0 Å². The Morgan fingerprint density at radius 1 is 1.38 bits per heavy atom. The Bertz CT molecular complexity index is 751. The minimum absolute atomic E-state index is 0. The molecule has 0 aliphatic rings. The summed E-state index contributed by atoms with van der Waals surface area (Å²) in [7, 11) is 3.87. The smallest absolute Gasteiger partial charge is 0.408 e. The van der Waals surface area contributed by atoms with Crippen LogP contribution in [-0.2, 0) is 11.3 Å². The number of carbonyl (C=O) groups is 1. The number of likely N-dealkylation sites (N-methyl/N-ethyl adjacent to an activating group) is 1. The Labute approximate surface area is 147 Å². The van der Waals surface area contributed by atoms with Gasteiger partial charge in [-0.3, -0.25) is 9.36 Å². The predicted octanol–water partition coefficient (Wildman–Crippen LogP) is 1.50. The molecular formula is C16H25ClN4O3. The molecule has 0 bridgehead atoms. The summed E-state index contributed by atoms with van der Waals surface area (Å²) in [6, 6.07) is 4.54. The third kappa shape index (κ3) is 4.59. The number of nitrogens with one attached hydrogen (secondary N) is 1. The Morgan fingerprint density at radius 2 is 2.04 bits per heavy atom. The van der Waals surface area contributed by atoms with E-state index < -0.39 is 11.8 Å². The van der Waals surface area contributed by atoms with Gasteiger partial charge in [-0.25, -0.2) is 4.79 Å². The summed E-state index contributed by atoms with van der Waals surface area (Å²) in [6.45, 7) is 5.01. The molecule has 1 heterocycles. The number of hydrogen-bond acceptors (Lipinski definition) is 5. The second kappa shape index (κ2) is 8.32. The molecular weight excluding hydrogens is 332 g/mol. The number of nitrogens with two attached hydrogens (primary N) is 1. The number of oxazole rings is 1. The molecule has 3 N–H and O–H groups in total. The van der Waals surface area contributed by atoms with Gasteiger partial charge in [-0.05, 0) is 38.2 Å². The molecule has 0 unspecified atom stereocenters. The van der Waals surface area contributed by atoms with Crippen LogP contribution in [0.25, 0.3) is 11.1 Å². The van der Waals surface area contributed by atoms with Gasteiger partial charge in [0.15, 0.2) is 5.58 Å². The Hall–Kier alpha value is -1.83. The highest BCUT2D eigenvalue weighted by Gasteiger charge is 2.18. The van der Waals surface area contributed by atoms with E-state index >= 15 is 0 Å². The van der Waals surface area contributed by atoms with Gasteiger partial charge in [-0.2, -0.15) is 0 Å². The molecule has 1 aromatic carbocycles. The number of anilines is 1. The SMILES string of the molecule is CC(C)[C@H](N)C(=O)Nc1ccc2oc(=O)n(CCN(C)C)c2c1.Cl. The van der Waals surface area contributed by atoms with E-state index in [2.05, 4.69) is 5.32 Å². The van der Waals surface area contributed by atoms with Crippen LogP contribution in [0, 0.1) is 5.92 Å². The van der Waals surface area contributed by atoms with Crippen molar-refractivity contribution in [3.63, 3.8) is 0 Å². The maximum absolute atomic E-state index is 12.1. The number of rotatable bonds is 6. The summed E-state index contributed by atoms with van der Waals surface area (Å²) in [4.78, 5) is 26.0. The quantitative estimate of drug-likeness (QED) is 0.818. The summed E-state index contributed by atoms with van der Waals surface area (Å²) >= 11 is 0. The second-order valence-corrected chi connectivity index (χ2v) is 6.26. The van der Waals surface area contributed by atoms with Crippen LogP contribution in [0.1, 0.15) is 13.8 Å². The predicted molar refractivity (Wildman–Crippen MR) is 97.7 cm³/mol. The molecule has 2 aromatic rings. The summed E-state index contributed by atoms with van der Waals surface area (Å²) in [5.41, 5.74) is 7.60. The van der Waals surface area contributed by atoms with Gasteiger partial charge in [0.2, 0.25) is 5.91 Å². The standard InChI is InChI=1S/C16H24N4O3.ClH/c1-10(2)14(17)15(21)18-11-5-6-13-12(9-11)20(16(22)23-13)8-7-19(3)4;/h5-6,9-10,14H,7-8,17H2,1-4H3,(H,18,21);1H/t14-;/m0./s1. The van der Waals surface area contributed by atoms with Crippen molar-refractivity contribution in [2.24, 2.45) is 11.7 Å². The van der Waals surface area contributed by atoms with Crippen molar-refractivity contribution in [2.45, 2.75) is 26.4 Å². The first kappa shape index (κ1) is 20.2. The van der Waals surface area contributed by atoms with E-state index in [1.165, 1.54) is 0 Å². The van der Waals surface area contributed by atoms with Crippen LogP contribution >= 0.6 is 12.4 Å². The number of fused-ring (bicyclic) bond motifs is 1. The first-order valence-corrected chi connectivity index (χ1v) is 7.64.